The molecule has 2 aromatic carbocycles. The summed E-state index contributed by atoms with van der Waals surface area (Å²) < 4.78 is 5.34. The number of aromatic nitrogens is 1. The number of hydrogen-bond donors (Lipinski definition) is 1. The number of phenols is 1. The van der Waals surface area contributed by atoms with Crippen LogP contribution in [-0.4, -0.2) is 16.1 Å². The molecular formula is C19H15NO3. The molecule has 3 aromatic rings. The summed E-state index contributed by atoms with van der Waals surface area (Å²) in [5, 5.41) is 10.1. The summed E-state index contributed by atoms with van der Waals surface area (Å²) in [6, 6.07) is 17.9. The van der Waals surface area contributed by atoms with E-state index in [4.69, 9.17) is 4.74 Å². The molecule has 0 spiro atoms. The molecule has 0 amide bonds. The molecule has 4 nitrogen and oxygen atoms in total. The van der Waals surface area contributed by atoms with Crippen LogP contribution in [0.15, 0.2) is 73.1 Å². The van der Waals surface area contributed by atoms with Crippen LogP contribution in [0.1, 0.15) is 15.9 Å². The van der Waals surface area contributed by atoms with Gasteiger partial charge in [0.2, 0.25) is 0 Å². The average molecular weight is 305 g/mol. The first-order valence-corrected chi connectivity index (χ1v) is 7.19. The highest BCUT2D eigenvalue weighted by molar-refractivity contribution is 6.00. The number of rotatable bonds is 4. The molecule has 0 unspecified atom stereocenters. The Balaban J connectivity index is 1.88. The van der Waals surface area contributed by atoms with E-state index in [0.717, 1.165) is 11.1 Å². The minimum absolute atomic E-state index is 0.0997. The standard InChI is InChI=1S/C19H15NO3/c21-17-8-4-7-16(15-9-11-20-12-10-15)18(17)19(22)23-13-14-5-2-1-3-6-14/h1-12,21H,13H2. The Kier molecular flexibility index (Phi) is 4.34. The first kappa shape index (κ1) is 14.8. The molecule has 0 saturated carbocycles. The summed E-state index contributed by atoms with van der Waals surface area (Å²) in [5.74, 6) is -0.656. The maximum atomic E-state index is 12.4. The summed E-state index contributed by atoms with van der Waals surface area (Å²) in [6.45, 7) is 0.157. The van der Waals surface area contributed by atoms with Crippen molar-refractivity contribution in [1.82, 2.24) is 4.98 Å². The topological polar surface area (TPSA) is 59.4 Å². The van der Waals surface area contributed by atoms with Gasteiger partial charge in [-0.2, -0.15) is 0 Å². The lowest BCUT2D eigenvalue weighted by atomic mass is 10.00. The molecule has 4 heteroatoms. The number of ether oxygens (including phenoxy) is 1. The van der Waals surface area contributed by atoms with Crippen molar-refractivity contribution in [3.05, 3.63) is 84.2 Å². The number of carbonyl (C=O) groups excluding carboxylic acids is 1. The van der Waals surface area contributed by atoms with E-state index >= 15 is 0 Å². The molecule has 0 atom stereocenters. The Morgan fingerprint density at radius 2 is 1.70 bits per heavy atom. The van der Waals surface area contributed by atoms with Crippen molar-refractivity contribution in [2.24, 2.45) is 0 Å². The van der Waals surface area contributed by atoms with Gasteiger partial charge in [-0.1, -0.05) is 42.5 Å². The monoisotopic (exact) mass is 305 g/mol. The van der Waals surface area contributed by atoms with E-state index in [1.165, 1.54) is 6.07 Å². The Morgan fingerprint density at radius 1 is 0.957 bits per heavy atom. The molecule has 1 N–H and O–H groups in total. The Bertz CT molecular complexity index is 801. The Labute approximate surface area is 134 Å². The van der Waals surface area contributed by atoms with Gasteiger partial charge < -0.3 is 9.84 Å². The van der Waals surface area contributed by atoms with Gasteiger partial charge in [0.05, 0.1) is 0 Å². The van der Waals surface area contributed by atoms with Crippen LogP contribution in [0.25, 0.3) is 11.1 Å². The van der Waals surface area contributed by atoms with Gasteiger partial charge in [0.25, 0.3) is 0 Å². The van der Waals surface area contributed by atoms with Crippen molar-refractivity contribution < 1.29 is 14.6 Å². The highest BCUT2D eigenvalue weighted by Crippen LogP contribution is 2.30. The van der Waals surface area contributed by atoms with Gasteiger partial charge in [0.15, 0.2) is 0 Å². The third kappa shape index (κ3) is 3.37. The fourth-order valence-corrected chi connectivity index (χ4v) is 2.32. The van der Waals surface area contributed by atoms with Gasteiger partial charge in [-0.15, -0.1) is 0 Å². The number of pyridine rings is 1. The highest BCUT2D eigenvalue weighted by atomic mass is 16.5. The van der Waals surface area contributed by atoms with Gasteiger partial charge >= 0.3 is 5.97 Å². The van der Waals surface area contributed by atoms with E-state index in [9.17, 15) is 9.90 Å². The van der Waals surface area contributed by atoms with E-state index in [2.05, 4.69) is 4.98 Å². The molecule has 0 saturated heterocycles. The van der Waals surface area contributed by atoms with E-state index in [1.807, 2.05) is 30.3 Å². The predicted octanol–water partition coefficient (Wildman–Crippen LogP) is 3.81. The molecule has 0 aliphatic heterocycles. The number of esters is 1. The predicted molar refractivity (Wildman–Crippen MR) is 86.9 cm³/mol. The maximum absolute atomic E-state index is 12.4. The van der Waals surface area contributed by atoms with Gasteiger partial charge in [-0.05, 0) is 29.3 Å². The Hall–Kier alpha value is -3.14. The van der Waals surface area contributed by atoms with Crippen molar-refractivity contribution in [2.45, 2.75) is 6.61 Å². The van der Waals surface area contributed by atoms with Crippen molar-refractivity contribution in [1.29, 1.82) is 0 Å². The smallest absolute Gasteiger partial charge is 0.342 e. The number of nitrogens with zero attached hydrogens (tertiary/aromatic N) is 1. The zero-order valence-electron chi connectivity index (χ0n) is 12.3. The van der Waals surface area contributed by atoms with Crippen molar-refractivity contribution in [2.75, 3.05) is 0 Å². The van der Waals surface area contributed by atoms with Crippen LogP contribution in [0, 0.1) is 0 Å². The van der Waals surface area contributed by atoms with Gasteiger partial charge in [-0.25, -0.2) is 4.79 Å². The molecule has 0 aliphatic rings. The molecule has 0 fully saturated rings. The summed E-state index contributed by atoms with van der Waals surface area (Å²) in [4.78, 5) is 16.4. The largest absolute Gasteiger partial charge is 0.507 e. The second kappa shape index (κ2) is 6.75. The summed E-state index contributed by atoms with van der Waals surface area (Å²) in [7, 11) is 0. The molecule has 0 radical (unpaired) electrons. The third-order valence-electron chi connectivity index (χ3n) is 3.45. The molecule has 3 rings (SSSR count). The van der Waals surface area contributed by atoms with Crippen LogP contribution in [0.3, 0.4) is 0 Å². The molecule has 0 bridgehead atoms. The quantitative estimate of drug-likeness (QED) is 0.745. The van der Waals surface area contributed by atoms with E-state index < -0.39 is 5.97 Å². The molecule has 1 heterocycles. The van der Waals surface area contributed by atoms with Crippen molar-refractivity contribution in [3.63, 3.8) is 0 Å². The normalized spacial score (nSPS) is 10.3. The van der Waals surface area contributed by atoms with Crippen LogP contribution in [0.2, 0.25) is 0 Å². The number of hydrogen-bond acceptors (Lipinski definition) is 4. The van der Waals surface area contributed by atoms with Gasteiger partial charge in [0, 0.05) is 18.0 Å². The summed E-state index contributed by atoms with van der Waals surface area (Å²) in [6.07, 6.45) is 3.27. The van der Waals surface area contributed by atoms with Crippen molar-refractivity contribution >= 4 is 5.97 Å². The zero-order valence-corrected chi connectivity index (χ0v) is 12.3. The van der Waals surface area contributed by atoms with E-state index in [1.54, 1.807) is 36.7 Å². The van der Waals surface area contributed by atoms with Crippen LogP contribution in [0.4, 0.5) is 0 Å². The third-order valence-corrected chi connectivity index (χ3v) is 3.45. The first-order chi connectivity index (χ1) is 11.3. The van der Waals surface area contributed by atoms with E-state index in [-0.39, 0.29) is 17.9 Å². The lowest BCUT2D eigenvalue weighted by Crippen LogP contribution is -2.07. The molecule has 114 valence electrons. The van der Waals surface area contributed by atoms with Crippen molar-refractivity contribution in [3.8, 4) is 16.9 Å². The van der Waals surface area contributed by atoms with Gasteiger partial charge in [0.1, 0.15) is 17.9 Å². The summed E-state index contributed by atoms with van der Waals surface area (Å²) in [5.41, 5.74) is 2.46. The van der Waals surface area contributed by atoms with Crippen LogP contribution < -0.4 is 0 Å². The second-order valence-corrected chi connectivity index (χ2v) is 5.00. The zero-order chi connectivity index (χ0) is 16.1. The number of benzene rings is 2. The van der Waals surface area contributed by atoms with E-state index in [0.29, 0.717) is 5.56 Å². The molecule has 23 heavy (non-hydrogen) atoms. The van der Waals surface area contributed by atoms with Crippen LogP contribution in [0.5, 0.6) is 5.75 Å². The number of phenolic OH excluding ortho intramolecular Hbond substituents is 1. The summed E-state index contributed by atoms with van der Waals surface area (Å²) >= 11 is 0. The second-order valence-electron chi connectivity index (χ2n) is 5.00. The molecular weight excluding hydrogens is 290 g/mol. The lowest BCUT2D eigenvalue weighted by Gasteiger charge is -2.11. The number of aromatic hydroxyl groups is 1. The number of carbonyl (C=O) groups is 1. The average Bonchev–Trinajstić information content (AvgIpc) is 2.61. The SMILES string of the molecule is O=C(OCc1ccccc1)c1c(O)cccc1-c1ccncc1. The molecule has 0 aliphatic carbocycles. The Morgan fingerprint density at radius 3 is 2.43 bits per heavy atom. The minimum atomic E-state index is -0.557. The molecule has 1 aromatic heterocycles. The first-order valence-electron chi connectivity index (χ1n) is 7.19. The lowest BCUT2D eigenvalue weighted by molar-refractivity contribution is 0.0470. The van der Waals surface area contributed by atoms with Gasteiger partial charge in [-0.3, -0.25) is 4.98 Å². The highest BCUT2D eigenvalue weighted by Gasteiger charge is 2.18. The minimum Gasteiger partial charge on any atom is -0.507 e. The van der Waals surface area contributed by atoms with Crippen LogP contribution in [-0.2, 0) is 11.3 Å². The van der Waals surface area contributed by atoms with Crippen LogP contribution >= 0.6 is 0 Å². The maximum Gasteiger partial charge on any atom is 0.342 e. The fraction of sp³-hybridized carbons (Fsp3) is 0.0526. The fourth-order valence-electron chi connectivity index (χ4n) is 2.32.